The summed E-state index contributed by atoms with van der Waals surface area (Å²) in [7, 11) is 0. The number of anilines is 1. The van der Waals surface area contributed by atoms with Gasteiger partial charge in [0.05, 0.1) is 6.21 Å². The molecule has 0 saturated carbocycles. The van der Waals surface area contributed by atoms with Gasteiger partial charge in [-0.2, -0.15) is 5.10 Å². The Morgan fingerprint density at radius 1 is 1.53 bits per heavy atom. The second-order valence-corrected chi connectivity index (χ2v) is 3.50. The first-order valence-electron chi connectivity index (χ1n) is 5.24. The van der Waals surface area contributed by atoms with Gasteiger partial charge >= 0.3 is 0 Å². The molecular weight excluding hydrogens is 250 g/mol. The second-order valence-electron chi connectivity index (χ2n) is 3.50. The van der Waals surface area contributed by atoms with E-state index in [0.717, 1.165) is 10.4 Å². The van der Waals surface area contributed by atoms with Crippen molar-refractivity contribution in [2.24, 2.45) is 10.8 Å². The summed E-state index contributed by atoms with van der Waals surface area (Å²) in [4.78, 5) is 11.7. The summed E-state index contributed by atoms with van der Waals surface area (Å²) in [6, 6.07) is 6.93. The highest BCUT2D eigenvalue weighted by molar-refractivity contribution is 5.80. The lowest BCUT2D eigenvalue weighted by Crippen LogP contribution is -2.20. The average molecular weight is 261 g/mol. The van der Waals surface area contributed by atoms with Crippen LogP contribution >= 0.6 is 0 Å². The third-order valence-corrected chi connectivity index (χ3v) is 2.03. The molecule has 0 atom stereocenters. The van der Waals surface area contributed by atoms with Gasteiger partial charge in [-0.3, -0.25) is 4.79 Å². The number of nitrogens with two attached hydrogens (primary N) is 2. The summed E-state index contributed by atoms with van der Waals surface area (Å²) in [5.41, 5.74) is 11.2. The van der Waals surface area contributed by atoms with Crippen molar-refractivity contribution in [3.63, 3.8) is 0 Å². The zero-order chi connectivity index (χ0) is 13.7. The van der Waals surface area contributed by atoms with Crippen LogP contribution in [-0.2, 0) is 4.79 Å². The van der Waals surface area contributed by atoms with Crippen molar-refractivity contribution in [1.82, 2.24) is 20.3 Å². The maximum atomic E-state index is 10.6. The van der Waals surface area contributed by atoms with E-state index >= 15 is 0 Å². The Bertz CT molecular complexity index is 607. The molecule has 0 saturated heterocycles. The van der Waals surface area contributed by atoms with Crippen molar-refractivity contribution < 1.29 is 9.53 Å². The Hall–Kier alpha value is -2.97. The lowest BCUT2D eigenvalue weighted by molar-refractivity contribution is -0.119. The van der Waals surface area contributed by atoms with E-state index < -0.39 is 5.91 Å². The van der Waals surface area contributed by atoms with Gasteiger partial charge in [0, 0.05) is 0 Å². The maximum absolute atomic E-state index is 10.6. The van der Waals surface area contributed by atoms with Crippen LogP contribution in [-0.4, -0.2) is 39.0 Å². The van der Waals surface area contributed by atoms with E-state index in [1.165, 1.54) is 6.21 Å². The Morgan fingerprint density at radius 3 is 3.05 bits per heavy atom. The molecular formula is C10H11N7O2. The van der Waals surface area contributed by atoms with Gasteiger partial charge in [0.1, 0.15) is 5.75 Å². The minimum Gasteiger partial charge on any atom is -0.484 e. The smallest absolute Gasteiger partial charge is 0.263 e. The lowest BCUT2D eigenvalue weighted by atomic mass is 10.2. The summed E-state index contributed by atoms with van der Waals surface area (Å²) in [6.07, 6.45) is 1.50. The number of hydrogen-bond acceptors (Lipinski definition) is 7. The van der Waals surface area contributed by atoms with Gasteiger partial charge in [0.15, 0.2) is 6.61 Å². The summed E-state index contributed by atoms with van der Waals surface area (Å²) in [6.45, 7) is -0.180. The number of benzene rings is 1. The molecule has 0 spiro atoms. The van der Waals surface area contributed by atoms with Gasteiger partial charge in [-0.05, 0) is 28.1 Å². The highest BCUT2D eigenvalue weighted by Gasteiger charge is 1.99. The van der Waals surface area contributed by atoms with Crippen molar-refractivity contribution in [2.75, 3.05) is 12.3 Å². The first-order chi connectivity index (χ1) is 9.15. The predicted molar refractivity (Wildman–Crippen MR) is 66.4 cm³/mol. The van der Waals surface area contributed by atoms with Crippen LogP contribution < -0.4 is 16.2 Å². The van der Waals surface area contributed by atoms with Crippen molar-refractivity contribution >= 4 is 18.1 Å². The predicted octanol–water partition coefficient (Wildman–Crippen LogP) is -0.998. The number of ether oxygens (including phenoxy) is 1. The van der Waals surface area contributed by atoms with Gasteiger partial charge in [-0.25, -0.2) is 0 Å². The van der Waals surface area contributed by atoms with Crippen molar-refractivity contribution in [3.8, 4) is 5.75 Å². The fourth-order valence-corrected chi connectivity index (χ4v) is 1.23. The largest absolute Gasteiger partial charge is 0.484 e. The van der Waals surface area contributed by atoms with Crippen LogP contribution in [0.2, 0.25) is 0 Å². The summed E-state index contributed by atoms with van der Waals surface area (Å²) in [5, 5.41) is 14.3. The van der Waals surface area contributed by atoms with Crippen LogP contribution in [0, 0.1) is 0 Å². The zero-order valence-corrected chi connectivity index (χ0v) is 9.80. The van der Waals surface area contributed by atoms with Gasteiger partial charge < -0.3 is 16.2 Å². The van der Waals surface area contributed by atoms with Crippen LogP contribution in [0.1, 0.15) is 5.56 Å². The standard InChI is InChI=1S/C10H11N7O2/c11-9(18)6-19-8-3-1-2-7(4-8)5-13-17-10(12)14-15-16-17/h1-5H,6H2,(H2,11,18)(H2,12,14,16). The molecule has 0 bridgehead atoms. The van der Waals surface area contributed by atoms with E-state index in [1.807, 2.05) is 0 Å². The van der Waals surface area contributed by atoms with E-state index in [9.17, 15) is 4.79 Å². The fourth-order valence-electron chi connectivity index (χ4n) is 1.23. The number of primary amides is 1. The van der Waals surface area contributed by atoms with E-state index in [4.69, 9.17) is 16.2 Å². The number of carbonyl (C=O) groups excluding carboxylic acids is 1. The molecule has 1 aromatic heterocycles. The molecule has 0 unspecified atom stereocenters. The van der Waals surface area contributed by atoms with Gasteiger partial charge in [0.2, 0.25) is 0 Å². The number of aromatic nitrogens is 4. The zero-order valence-electron chi connectivity index (χ0n) is 9.80. The van der Waals surface area contributed by atoms with Gasteiger partial charge in [-0.15, -0.1) is 0 Å². The molecule has 2 aromatic rings. The number of rotatable bonds is 5. The van der Waals surface area contributed by atoms with Crippen molar-refractivity contribution in [2.45, 2.75) is 0 Å². The van der Waals surface area contributed by atoms with E-state index in [1.54, 1.807) is 24.3 Å². The molecule has 0 aliphatic carbocycles. The minimum atomic E-state index is -0.541. The molecule has 9 nitrogen and oxygen atoms in total. The summed E-state index contributed by atoms with van der Waals surface area (Å²) in [5.74, 6) is 0.0466. The third-order valence-electron chi connectivity index (χ3n) is 2.03. The lowest BCUT2D eigenvalue weighted by Gasteiger charge is -2.03. The van der Waals surface area contributed by atoms with Crippen LogP contribution in [0.3, 0.4) is 0 Å². The Morgan fingerprint density at radius 2 is 2.37 bits per heavy atom. The molecule has 1 aromatic carbocycles. The SMILES string of the molecule is NC(=O)COc1cccc(C=Nn2nnnc2N)c1. The fraction of sp³-hybridized carbons (Fsp3) is 0.100. The normalized spacial score (nSPS) is 10.7. The first kappa shape index (κ1) is 12.5. The minimum absolute atomic E-state index is 0.0809. The number of nitrogens with zero attached hydrogens (tertiary/aromatic N) is 5. The van der Waals surface area contributed by atoms with Crippen LogP contribution in [0.15, 0.2) is 29.4 Å². The number of tetrazole rings is 1. The highest BCUT2D eigenvalue weighted by Crippen LogP contribution is 2.11. The second kappa shape index (κ2) is 5.58. The first-order valence-corrected chi connectivity index (χ1v) is 5.24. The Kier molecular flexibility index (Phi) is 3.67. The molecule has 0 fully saturated rings. The number of hydrogen-bond donors (Lipinski definition) is 2. The third kappa shape index (κ3) is 3.49. The molecule has 9 heteroatoms. The van der Waals surface area contributed by atoms with E-state index in [0.29, 0.717) is 5.75 Å². The summed E-state index contributed by atoms with van der Waals surface area (Å²) < 4.78 is 5.16. The molecule has 0 aliphatic heterocycles. The quantitative estimate of drug-likeness (QED) is 0.663. The van der Waals surface area contributed by atoms with E-state index in [-0.39, 0.29) is 12.6 Å². The Labute approximate surface area is 107 Å². The maximum Gasteiger partial charge on any atom is 0.263 e. The molecule has 0 radical (unpaired) electrons. The van der Waals surface area contributed by atoms with Crippen LogP contribution in [0.4, 0.5) is 5.95 Å². The van der Waals surface area contributed by atoms with Crippen molar-refractivity contribution in [3.05, 3.63) is 29.8 Å². The number of nitrogen functional groups attached to an aromatic ring is 1. The van der Waals surface area contributed by atoms with Gasteiger partial charge in [-0.1, -0.05) is 22.0 Å². The van der Waals surface area contributed by atoms with Crippen molar-refractivity contribution in [1.29, 1.82) is 0 Å². The molecule has 1 amide bonds. The molecule has 0 aliphatic rings. The number of amides is 1. The van der Waals surface area contributed by atoms with Crippen LogP contribution in [0.5, 0.6) is 5.75 Å². The monoisotopic (exact) mass is 261 g/mol. The average Bonchev–Trinajstić information content (AvgIpc) is 2.80. The molecule has 4 N–H and O–H groups in total. The van der Waals surface area contributed by atoms with Gasteiger partial charge in [0.25, 0.3) is 11.9 Å². The molecule has 1 heterocycles. The highest BCUT2D eigenvalue weighted by atomic mass is 16.5. The number of carbonyl (C=O) groups is 1. The molecule has 19 heavy (non-hydrogen) atoms. The van der Waals surface area contributed by atoms with E-state index in [2.05, 4.69) is 20.6 Å². The Balaban J connectivity index is 2.08. The molecule has 98 valence electrons. The van der Waals surface area contributed by atoms with Crippen LogP contribution in [0.25, 0.3) is 0 Å². The summed E-state index contributed by atoms with van der Waals surface area (Å²) >= 11 is 0. The topological polar surface area (TPSA) is 134 Å². The molecule has 2 rings (SSSR count).